The Hall–Kier alpha value is -1.52. The van der Waals surface area contributed by atoms with E-state index in [2.05, 4.69) is 35.1 Å². The van der Waals surface area contributed by atoms with E-state index in [1.807, 2.05) is 18.2 Å². The van der Waals surface area contributed by atoms with Crippen LogP contribution in [0.3, 0.4) is 0 Å². The van der Waals surface area contributed by atoms with Gasteiger partial charge in [-0.3, -0.25) is 4.79 Å². The van der Waals surface area contributed by atoms with E-state index in [0.717, 1.165) is 4.47 Å². The van der Waals surface area contributed by atoms with Gasteiger partial charge in [0, 0.05) is 10.7 Å². The van der Waals surface area contributed by atoms with Crippen molar-refractivity contribution in [1.29, 1.82) is 0 Å². The van der Waals surface area contributed by atoms with E-state index < -0.39 is 0 Å². The van der Waals surface area contributed by atoms with Crippen molar-refractivity contribution in [3.8, 4) is 5.75 Å². The highest BCUT2D eigenvalue weighted by atomic mass is 79.9. The topological polar surface area (TPSA) is 38.3 Å². The summed E-state index contributed by atoms with van der Waals surface area (Å²) in [5.74, 6) is 0.851. The largest absolute Gasteiger partial charge is 0.483 e. The van der Waals surface area contributed by atoms with Crippen LogP contribution in [0.2, 0.25) is 5.02 Å². The van der Waals surface area contributed by atoms with Crippen LogP contribution in [-0.4, -0.2) is 12.5 Å². The lowest BCUT2D eigenvalue weighted by atomic mass is 10.0. The molecule has 116 valence electrons. The summed E-state index contributed by atoms with van der Waals surface area (Å²) in [6.07, 6.45) is 0. The van der Waals surface area contributed by atoms with Crippen LogP contribution in [0, 0.1) is 0 Å². The van der Waals surface area contributed by atoms with E-state index in [9.17, 15) is 4.79 Å². The van der Waals surface area contributed by atoms with Crippen molar-refractivity contribution in [2.24, 2.45) is 0 Å². The third kappa shape index (κ3) is 4.75. The molecule has 0 unspecified atom stereocenters. The molecule has 0 aliphatic heterocycles. The summed E-state index contributed by atoms with van der Waals surface area (Å²) >= 11 is 9.34. The molecule has 3 nitrogen and oxygen atoms in total. The van der Waals surface area contributed by atoms with Crippen LogP contribution in [-0.2, 0) is 4.79 Å². The van der Waals surface area contributed by atoms with Crippen LogP contribution in [0.4, 0.5) is 5.69 Å². The molecule has 22 heavy (non-hydrogen) atoms. The summed E-state index contributed by atoms with van der Waals surface area (Å²) in [5, 5.41) is 3.31. The molecule has 2 aromatic carbocycles. The maximum Gasteiger partial charge on any atom is 0.262 e. The number of hydrogen-bond donors (Lipinski definition) is 1. The highest BCUT2D eigenvalue weighted by Crippen LogP contribution is 2.28. The highest BCUT2D eigenvalue weighted by molar-refractivity contribution is 9.10. The number of carbonyl (C=O) groups is 1. The average Bonchev–Trinajstić information content (AvgIpc) is 2.45. The predicted octanol–water partition coefficient (Wildman–Crippen LogP) is 5.24. The second-order valence-electron chi connectivity index (χ2n) is 5.19. The smallest absolute Gasteiger partial charge is 0.262 e. The minimum absolute atomic E-state index is 0.0634. The van der Waals surface area contributed by atoms with Gasteiger partial charge in [0.05, 0.1) is 4.47 Å². The molecular weight excluding hydrogens is 366 g/mol. The molecule has 0 spiro atoms. The Morgan fingerprint density at radius 1 is 1.27 bits per heavy atom. The van der Waals surface area contributed by atoms with Crippen molar-refractivity contribution in [1.82, 2.24) is 0 Å². The van der Waals surface area contributed by atoms with Gasteiger partial charge in [-0.05, 0) is 57.7 Å². The SMILES string of the molecule is CC(C)c1ccc(OCC(=O)Nc2cccc(Cl)c2)c(Br)c1. The van der Waals surface area contributed by atoms with Crippen molar-refractivity contribution < 1.29 is 9.53 Å². The normalized spacial score (nSPS) is 10.6. The monoisotopic (exact) mass is 381 g/mol. The van der Waals surface area contributed by atoms with Crippen molar-refractivity contribution in [2.45, 2.75) is 19.8 Å². The first-order chi connectivity index (χ1) is 10.5. The average molecular weight is 383 g/mol. The maximum atomic E-state index is 11.9. The minimum atomic E-state index is -0.234. The number of halogens is 2. The second-order valence-corrected chi connectivity index (χ2v) is 6.48. The number of anilines is 1. The zero-order valence-electron chi connectivity index (χ0n) is 12.4. The number of nitrogens with one attached hydrogen (secondary N) is 1. The van der Waals surface area contributed by atoms with Gasteiger partial charge in [-0.2, -0.15) is 0 Å². The van der Waals surface area contributed by atoms with Crippen molar-refractivity contribution in [3.05, 3.63) is 57.5 Å². The zero-order chi connectivity index (χ0) is 16.1. The molecule has 5 heteroatoms. The number of benzene rings is 2. The van der Waals surface area contributed by atoms with Crippen LogP contribution in [0.25, 0.3) is 0 Å². The summed E-state index contributed by atoms with van der Waals surface area (Å²) in [5.41, 5.74) is 1.86. The van der Waals surface area contributed by atoms with Gasteiger partial charge < -0.3 is 10.1 Å². The maximum absolute atomic E-state index is 11.9. The third-order valence-electron chi connectivity index (χ3n) is 3.09. The molecule has 0 atom stereocenters. The van der Waals surface area contributed by atoms with Gasteiger partial charge in [0.15, 0.2) is 6.61 Å². The molecule has 0 saturated carbocycles. The Bertz CT molecular complexity index is 673. The van der Waals surface area contributed by atoms with Gasteiger partial charge in [0.25, 0.3) is 5.91 Å². The lowest BCUT2D eigenvalue weighted by molar-refractivity contribution is -0.118. The van der Waals surface area contributed by atoms with Crippen molar-refractivity contribution >= 4 is 39.1 Å². The molecule has 1 amide bonds. The van der Waals surface area contributed by atoms with E-state index in [-0.39, 0.29) is 12.5 Å². The number of hydrogen-bond acceptors (Lipinski definition) is 2. The first kappa shape index (κ1) is 16.8. The predicted molar refractivity (Wildman–Crippen MR) is 93.8 cm³/mol. The number of amides is 1. The molecule has 2 aromatic rings. The van der Waals surface area contributed by atoms with Gasteiger partial charge in [0.2, 0.25) is 0 Å². The van der Waals surface area contributed by atoms with Gasteiger partial charge in [0.1, 0.15) is 5.75 Å². The van der Waals surface area contributed by atoms with Crippen LogP contribution < -0.4 is 10.1 Å². The summed E-state index contributed by atoms with van der Waals surface area (Å²) in [6, 6.07) is 12.9. The van der Waals surface area contributed by atoms with Crippen LogP contribution in [0.5, 0.6) is 5.75 Å². The molecule has 0 aliphatic carbocycles. The van der Waals surface area contributed by atoms with Gasteiger partial charge in [-0.15, -0.1) is 0 Å². The molecule has 0 saturated heterocycles. The minimum Gasteiger partial charge on any atom is -0.483 e. The third-order valence-corrected chi connectivity index (χ3v) is 3.94. The quantitative estimate of drug-likeness (QED) is 0.767. The highest BCUT2D eigenvalue weighted by Gasteiger charge is 2.08. The Morgan fingerprint density at radius 2 is 2.05 bits per heavy atom. The summed E-state index contributed by atoms with van der Waals surface area (Å²) in [7, 11) is 0. The Kier molecular flexibility index (Phi) is 5.86. The zero-order valence-corrected chi connectivity index (χ0v) is 14.7. The summed E-state index contributed by atoms with van der Waals surface area (Å²) in [6.45, 7) is 4.19. The number of carbonyl (C=O) groups excluding carboxylic acids is 1. The Labute approximate surface area is 143 Å². The summed E-state index contributed by atoms with van der Waals surface area (Å²) in [4.78, 5) is 11.9. The fourth-order valence-electron chi connectivity index (χ4n) is 1.90. The van der Waals surface area contributed by atoms with E-state index in [0.29, 0.717) is 22.4 Å². The molecule has 0 aliphatic rings. The molecule has 0 aromatic heterocycles. The second kappa shape index (κ2) is 7.65. The van der Waals surface area contributed by atoms with Crippen LogP contribution in [0.1, 0.15) is 25.3 Å². The lowest BCUT2D eigenvalue weighted by Gasteiger charge is -2.11. The fourth-order valence-corrected chi connectivity index (χ4v) is 2.60. The first-order valence-corrected chi connectivity index (χ1v) is 8.10. The Morgan fingerprint density at radius 3 is 2.68 bits per heavy atom. The molecule has 1 N–H and O–H groups in total. The van der Waals surface area contributed by atoms with Gasteiger partial charge >= 0.3 is 0 Å². The molecule has 0 radical (unpaired) electrons. The molecule has 0 bridgehead atoms. The first-order valence-electron chi connectivity index (χ1n) is 6.93. The van der Waals surface area contributed by atoms with Gasteiger partial charge in [-0.1, -0.05) is 37.6 Å². The summed E-state index contributed by atoms with van der Waals surface area (Å²) < 4.78 is 6.39. The molecular formula is C17H17BrClNO2. The van der Waals surface area contributed by atoms with E-state index in [4.69, 9.17) is 16.3 Å². The van der Waals surface area contributed by atoms with Crippen molar-refractivity contribution in [2.75, 3.05) is 11.9 Å². The van der Waals surface area contributed by atoms with Crippen LogP contribution in [0.15, 0.2) is 46.9 Å². The van der Waals surface area contributed by atoms with E-state index in [1.165, 1.54) is 5.56 Å². The van der Waals surface area contributed by atoms with Crippen molar-refractivity contribution in [3.63, 3.8) is 0 Å². The molecule has 0 heterocycles. The van der Waals surface area contributed by atoms with Gasteiger partial charge in [-0.25, -0.2) is 0 Å². The number of rotatable bonds is 5. The Balaban J connectivity index is 1.94. The fraction of sp³-hybridized carbons (Fsp3) is 0.235. The van der Waals surface area contributed by atoms with E-state index in [1.54, 1.807) is 24.3 Å². The lowest BCUT2D eigenvalue weighted by Crippen LogP contribution is -2.20. The van der Waals surface area contributed by atoms with E-state index >= 15 is 0 Å². The standard InChI is InChI=1S/C17H17BrClNO2/c1-11(2)12-6-7-16(15(18)8-12)22-10-17(21)20-14-5-3-4-13(19)9-14/h3-9,11H,10H2,1-2H3,(H,20,21). The molecule has 0 fully saturated rings. The molecule has 2 rings (SSSR count). The number of ether oxygens (including phenoxy) is 1. The van der Waals surface area contributed by atoms with Crippen LogP contribution >= 0.6 is 27.5 Å².